The largest absolute Gasteiger partial charge is 0.205 e. The molecule has 0 fully saturated rings. The van der Waals surface area contributed by atoms with Gasteiger partial charge in [0.2, 0.25) is 0 Å². The molecule has 42 heavy (non-hydrogen) atoms. The Hall–Kier alpha value is -0.850. The molecule has 0 aliphatic carbocycles. The maximum absolute atomic E-state index is 2.57. The molecule has 0 saturated carbocycles. The van der Waals surface area contributed by atoms with Crippen LogP contribution in [0.2, 0.25) is 0 Å². The maximum Gasteiger partial charge on any atom is 0.171 e. The average Bonchev–Trinajstić information content (AvgIpc) is 3.00. The summed E-state index contributed by atoms with van der Waals surface area (Å²) in [6, 6.07) is 2.57. The van der Waals surface area contributed by atoms with Crippen molar-refractivity contribution in [2.75, 3.05) is 0 Å². The molecule has 1 aromatic rings. The van der Waals surface area contributed by atoms with Gasteiger partial charge in [0.15, 0.2) is 12.4 Å². The fraction of sp³-hybridized carbons (Fsp3) is 0.878. The van der Waals surface area contributed by atoms with Gasteiger partial charge in [-0.1, -0.05) is 188 Å². The normalized spacial score (nSPS) is 11.5. The number of aryl methyl sites for hydroxylation is 3. The van der Waals surface area contributed by atoms with Crippen LogP contribution in [-0.2, 0) is 19.4 Å². The number of unbranched alkanes of at least 4 members (excludes halogenated alkanes) is 27. The highest BCUT2D eigenvalue weighted by Gasteiger charge is 2.09. The van der Waals surface area contributed by atoms with Crippen LogP contribution >= 0.6 is 0 Å². The zero-order chi connectivity index (χ0) is 30.2. The summed E-state index contributed by atoms with van der Waals surface area (Å²) in [5.74, 6) is 0. The lowest BCUT2D eigenvalue weighted by Gasteiger charge is -2.07. The smallest absolute Gasteiger partial charge is 0.171 e. The van der Waals surface area contributed by atoms with Gasteiger partial charge in [-0.05, 0) is 38.2 Å². The molecule has 1 heterocycles. The molecule has 0 atom stereocenters. The molecular weight excluding hydrogens is 506 g/mol. The van der Waals surface area contributed by atoms with Gasteiger partial charge in [0.05, 0.1) is 0 Å². The van der Waals surface area contributed by atoms with Crippen LogP contribution in [0.15, 0.2) is 18.5 Å². The van der Waals surface area contributed by atoms with Crippen molar-refractivity contribution in [2.45, 2.75) is 233 Å². The second-order valence-corrected chi connectivity index (χ2v) is 13.8. The summed E-state index contributed by atoms with van der Waals surface area (Å²) in [7, 11) is 0. The van der Waals surface area contributed by atoms with Crippen LogP contribution in [0.3, 0.4) is 0 Å². The van der Waals surface area contributed by atoms with Gasteiger partial charge in [0.1, 0.15) is 6.54 Å². The molecular formula is C41H78N+. The number of rotatable bonds is 33. The van der Waals surface area contributed by atoms with E-state index in [-0.39, 0.29) is 0 Å². The first-order valence-electron chi connectivity index (χ1n) is 19.8. The number of nitrogens with zero attached hydrogens (tertiary/aromatic N) is 1. The summed E-state index contributed by atoms with van der Waals surface area (Å²) in [4.78, 5) is 0. The van der Waals surface area contributed by atoms with E-state index in [0.717, 1.165) is 0 Å². The number of hydrogen-bond acceptors (Lipinski definition) is 0. The maximum atomic E-state index is 2.57. The molecule has 0 amide bonds. The van der Waals surface area contributed by atoms with Crippen LogP contribution in [0, 0.1) is 0 Å². The van der Waals surface area contributed by atoms with Crippen LogP contribution in [0.5, 0.6) is 0 Å². The second kappa shape index (κ2) is 31.6. The number of pyridine rings is 1. The molecule has 1 rings (SSSR count). The first kappa shape index (κ1) is 39.2. The summed E-state index contributed by atoms with van der Waals surface area (Å²) >= 11 is 0. The monoisotopic (exact) mass is 585 g/mol. The Morgan fingerprint density at radius 1 is 0.333 bits per heavy atom. The molecule has 0 radical (unpaired) electrons. The van der Waals surface area contributed by atoms with E-state index in [9.17, 15) is 0 Å². The highest BCUT2D eigenvalue weighted by molar-refractivity contribution is 5.15. The van der Waals surface area contributed by atoms with Crippen molar-refractivity contribution >= 4 is 0 Å². The highest BCUT2D eigenvalue weighted by atomic mass is 14.9. The lowest BCUT2D eigenvalue weighted by Crippen LogP contribution is -2.34. The van der Waals surface area contributed by atoms with Crippen molar-refractivity contribution in [3.8, 4) is 0 Å². The zero-order valence-electron chi connectivity index (χ0n) is 29.5. The third-order valence-corrected chi connectivity index (χ3v) is 9.44. The number of hydrogen-bond donors (Lipinski definition) is 0. The van der Waals surface area contributed by atoms with Crippen molar-refractivity contribution in [1.29, 1.82) is 0 Å². The van der Waals surface area contributed by atoms with E-state index in [4.69, 9.17) is 0 Å². The van der Waals surface area contributed by atoms with Gasteiger partial charge in [-0.3, -0.25) is 0 Å². The van der Waals surface area contributed by atoms with Gasteiger partial charge < -0.3 is 0 Å². The molecule has 0 unspecified atom stereocenters. The van der Waals surface area contributed by atoms with Gasteiger partial charge in [0.25, 0.3) is 0 Å². The van der Waals surface area contributed by atoms with E-state index in [0.29, 0.717) is 0 Å². The fourth-order valence-electron chi connectivity index (χ4n) is 6.59. The van der Waals surface area contributed by atoms with Gasteiger partial charge in [0, 0.05) is 17.5 Å². The van der Waals surface area contributed by atoms with E-state index in [2.05, 4.69) is 43.8 Å². The molecule has 246 valence electrons. The van der Waals surface area contributed by atoms with E-state index in [1.165, 1.54) is 212 Å². The lowest BCUT2D eigenvalue weighted by molar-refractivity contribution is -0.698. The van der Waals surface area contributed by atoms with Crippen molar-refractivity contribution < 1.29 is 4.57 Å². The summed E-state index contributed by atoms with van der Waals surface area (Å²) in [6.07, 6.45) is 50.3. The van der Waals surface area contributed by atoms with Crippen LogP contribution in [0.25, 0.3) is 0 Å². The zero-order valence-corrected chi connectivity index (χ0v) is 29.5. The van der Waals surface area contributed by atoms with Crippen molar-refractivity contribution in [3.63, 3.8) is 0 Å². The predicted octanol–water partition coefficient (Wildman–Crippen LogP) is 13.8. The van der Waals surface area contributed by atoms with Gasteiger partial charge in [-0.25, -0.2) is 4.57 Å². The van der Waals surface area contributed by atoms with E-state index in [1.807, 2.05) is 0 Å². The predicted molar refractivity (Wildman–Crippen MR) is 190 cm³/mol. The summed E-state index contributed by atoms with van der Waals surface area (Å²) in [6.45, 7) is 8.15. The quantitative estimate of drug-likeness (QED) is 0.0571. The number of aromatic nitrogens is 1. The van der Waals surface area contributed by atoms with Gasteiger partial charge in [-0.2, -0.15) is 0 Å². The Bertz CT molecular complexity index is 562. The standard InChI is InChI=1S/C41H78N/c1-4-7-10-13-16-19-22-25-28-31-34-40-37-41(35-32-29-26-23-20-17-14-11-8-5-2)39-42(38-40)36-33-30-27-24-21-18-15-12-9-6-3/h37-39H,4-36H2,1-3H3/q+1. The van der Waals surface area contributed by atoms with Gasteiger partial charge in [-0.15, -0.1) is 0 Å². The summed E-state index contributed by atoms with van der Waals surface area (Å²) in [5.41, 5.74) is 3.21. The minimum Gasteiger partial charge on any atom is -0.205 e. The minimum absolute atomic E-state index is 1.22. The third-order valence-electron chi connectivity index (χ3n) is 9.44. The topological polar surface area (TPSA) is 3.88 Å². The Labute approximate surface area is 266 Å². The Morgan fingerprint density at radius 2 is 0.595 bits per heavy atom. The first-order valence-corrected chi connectivity index (χ1v) is 19.8. The Morgan fingerprint density at radius 3 is 0.905 bits per heavy atom. The Balaban J connectivity index is 2.35. The molecule has 0 aliphatic heterocycles. The molecule has 0 aromatic carbocycles. The van der Waals surface area contributed by atoms with Gasteiger partial charge >= 0.3 is 0 Å². The summed E-state index contributed by atoms with van der Waals surface area (Å²) < 4.78 is 2.57. The third kappa shape index (κ3) is 25.6. The van der Waals surface area contributed by atoms with Crippen molar-refractivity contribution in [3.05, 3.63) is 29.6 Å². The lowest BCUT2D eigenvalue weighted by atomic mass is 10.0. The SMILES string of the molecule is CCCCCCCCCCCCc1cc(CCCCCCCCCCCC)c[n+](CCCCCCCCCCCC)c1. The van der Waals surface area contributed by atoms with E-state index >= 15 is 0 Å². The molecule has 0 aliphatic rings. The molecule has 1 aromatic heterocycles. The molecule has 0 bridgehead atoms. The first-order chi connectivity index (χ1) is 20.8. The average molecular weight is 585 g/mol. The van der Waals surface area contributed by atoms with Crippen molar-refractivity contribution in [1.82, 2.24) is 0 Å². The highest BCUT2D eigenvalue weighted by Crippen LogP contribution is 2.16. The van der Waals surface area contributed by atoms with Crippen LogP contribution in [0.1, 0.15) is 225 Å². The molecule has 0 spiro atoms. The van der Waals surface area contributed by atoms with E-state index < -0.39 is 0 Å². The molecule has 1 heteroatoms. The molecule has 0 saturated heterocycles. The van der Waals surface area contributed by atoms with E-state index in [1.54, 1.807) is 11.1 Å². The molecule has 0 N–H and O–H groups in total. The van der Waals surface area contributed by atoms with Crippen LogP contribution < -0.4 is 4.57 Å². The molecule has 1 nitrogen and oxygen atoms in total. The van der Waals surface area contributed by atoms with Crippen LogP contribution in [-0.4, -0.2) is 0 Å². The Kier molecular flexibility index (Phi) is 29.4. The van der Waals surface area contributed by atoms with Crippen molar-refractivity contribution in [2.24, 2.45) is 0 Å². The minimum atomic E-state index is 1.22. The van der Waals surface area contributed by atoms with Crippen LogP contribution in [0.4, 0.5) is 0 Å². The second-order valence-electron chi connectivity index (χ2n) is 13.8. The fourth-order valence-corrected chi connectivity index (χ4v) is 6.59. The summed E-state index contributed by atoms with van der Waals surface area (Å²) in [5, 5.41) is 0.